The number of rotatable bonds is 5. The van der Waals surface area contributed by atoms with Crippen molar-refractivity contribution >= 4 is 31.8 Å². The molecule has 26 heavy (non-hydrogen) atoms. The van der Waals surface area contributed by atoms with Gasteiger partial charge in [-0.05, 0) is 43.1 Å². The van der Waals surface area contributed by atoms with Crippen LogP contribution in [0, 0.1) is 0 Å². The quantitative estimate of drug-likeness (QED) is 0.586. The first-order valence-corrected chi connectivity index (χ1v) is 9.80. The summed E-state index contributed by atoms with van der Waals surface area (Å²) in [5.41, 5.74) is 7.59. The Hall–Kier alpha value is -2.77. The lowest BCUT2D eigenvalue weighted by Gasteiger charge is -2.09. The minimum Gasteiger partial charge on any atom is -0.330 e. The van der Waals surface area contributed by atoms with Crippen LogP contribution in [-0.4, -0.2) is 28.9 Å². The molecule has 2 N–H and O–H groups in total. The van der Waals surface area contributed by atoms with Gasteiger partial charge in [-0.15, -0.1) is 0 Å². The first-order chi connectivity index (χ1) is 12.6. The zero-order chi connectivity index (χ0) is 18.1. The predicted octanol–water partition coefficient (Wildman–Crippen LogP) is 2.71. The lowest BCUT2D eigenvalue weighted by Crippen LogP contribution is -2.13. The van der Waals surface area contributed by atoms with E-state index < -0.39 is 10.0 Å². The van der Waals surface area contributed by atoms with Gasteiger partial charge in [0.15, 0.2) is 0 Å². The van der Waals surface area contributed by atoms with Crippen LogP contribution in [-0.2, 0) is 16.4 Å². The molecule has 4 rings (SSSR count). The minimum absolute atomic E-state index is 0.182. The molecule has 0 radical (unpaired) electrons. The van der Waals surface area contributed by atoms with Gasteiger partial charge in [-0.3, -0.25) is 9.97 Å². The van der Waals surface area contributed by atoms with Crippen molar-refractivity contribution in [1.82, 2.24) is 13.9 Å². The Labute approximate surface area is 151 Å². The van der Waals surface area contributed by atoms with Crippen molar-refractivity contribution in [3.05, 3.63) is 66.7 Å². The third kappa shape index (κ3) is 2.65. The Bertz CT molecular complexity index is 1190. The highest BCUT2D eigenvalue weighted by atomic mass is 32.2. The Morgan fingerprint density at radius 2 is 1.92 bits per heavy atom. The van der Waals surface area contributed by atoms with Crippen molar-refractivity contribution in [3.63, 3.8) is 0 Å². The molecule has 0 bridgehead atoms. The summed E-state index contributed by atoms with van der Waals surface area (Å²) in [5.74, 6) is 0. The van der Waals surface area contributed by atoms with Gasteiger partial charge in [0.05, 0.1) is 17.2 Å². The van der Waals surface area contributed by atoms with E-state index in [0.717, 1.165) is 22.8 Å². The third-order valence-corrected chi connectivity index (χ3v) is 6.14. The van der Waals surface area contributed by atoms with Gasteiger partial charge in [-0.25, -0.2) is 12.4 Å². The van der Waals surface area contributed by atoms with Crippen LogP contribution in [0.3, 0.4) is 0 Å². The lowest BCUT2D eigenvalue weighted by atomic mass is 10.1. The van der Waals surface area contributed by atoms with E-state index in [-0.39, 0.29) is 4.90 Å². The van der Waals surface area contributed by atoms with Gasteiger partial charge in [0.2, 0.25) is 0 Å². The van der Waals surface area contributed by atoms with Gasteiger partial charge < -0.3 is 5.73 Å². The normalized spacial score (nSPS) is 12.0. The Balaban J connectivity index is 1.96. The smallest absolute Gasteiger partial charge is 0.270 e. The summed E-state index contributed by atoms with van der Waals surface area (Å²) in [6.07, 6.45) is 8.04. The molecule has 3 aromatic heterocycles. The molecule has 1 aromatic carbocycles. The maximum absolute atomic E-state index is 13.4. The fraction of sp³-hybridized carbons (Fsp3) is 0.158. The Kier molecular flexibility index (Phi) is 4.18. The van der Waals surface area contributed by atoms with E-state index in [9.17, 15) is 8.42 Å². The average molecular weight is 366 g/mol. The second kappa shape index (κ2) is 6.51. The summed E-state index contributed by atoms with van der Waals surface area (Å²) in [6, 6.07) is 10.7. The highest BCUT2D eigenvalue weighted by molar-refractivity contribution is 7.90. The van der Waals surface area contributed by atoms with Crippen LogP contribution in [0.1, 0.15) is 12.0 Å². The van der Waals surface area contributed by atoms with E-state index in [2.05, 4.69) is 9.97 Å². The molecule has 0 aliphatic carbocycles. The third-order valence-electron chi connectivity index (χ3n) is 4.44. The summed E-state index contributed by atoms with van der Waals surface area (Å²) < 4.78 is 28.1. The zero-order valence-electron chi connectivity index (χ0n) is 14.0. The fourth-order valence-electron chi connectivity index (χ4n) is 3.19. The molecule has 132 valence electrons. The van der Waals surface area contributed by atoms with Crippen molar-refractivity contribution in [2.24, 2.45) is 5.73 Å². The number of benzene rings is 1. The second-order valence-electron chi connectivity index (χ2n) is 6.07. The molecular formula is C19H18N4O2S. The van der Waals surface area contributed by atoms with Crippen molar-refractivity contribution in [2.75, 3.05) is 6.54 Å². The molecule has 0 aliphatic rings. The highest BCUT2D eigenvalue weighted by Crippen LogP contribution is 2.29. The van der Waals surface area contributed by atoms with Gasteiger partial charge in [-0.1, -0.05) is 18.2 Å². The largest absolute Gasteiger partial charge is 0.330 e. The molecule has 4 aromatic rings. The van der Waals surface area contributed by atoms with E-state index in [1.807, 2.05) is 18.2 Å². The topological polar surface area (TPSA) is 90.9 Å². The number of aromatic nitrogens is 3. The molecule has 0 unspecified atom stereocenters. The summed E-state index contributed by atoms with van der Waals surface area (Å²) in [4.78, 5) is 8.58. The molecule has 0 fully saturated rings. The highest BCUT2D eigenvalue weighted by Gasteiger charge is 2.23. The van der Waals surface area contributed by atoms with Crippen LogP contribution >= 0.6 is 0 Å². The molecule has 3 heterocycles. The van der Waals surface area contributed by atoms with Crippen molar-refractivity contribution in [2.45, 2.75) is 17.7 Å². The van der Waals surface area contributed by atoms with Crippen LogP contribution in [0.5, 0.6) is 0 Å². The van der Waals surface area contributed by atoms with Gasteiger partial charge >= 0.3 is 0 Å². The maximum atomic E-state index is 13.4. The zero-order valence-corrected chi connectivity index (χ0v) is 14.9. The number of hydrogen-bond donors (Lipinski definition) is 1. The number of nitrogens with two attached hydrogens (primary N) is 1. The van der Waals surface area contributed by atoms with E-state index in [4.69, 9.17) is 5.73 Å². The summed E-state index contributed by atoms with van der Waals surface area (Å²) in [6.45, 7) is 0.553. The fourth-order valence-corrected chi connectivity index (χ4v) is 4.74. The number of fused-ring (bicyclic) bond motifs is 2. The van der Waals surface area contributed by atoms with Crippen LogP contribution < -0.4 is 5.73 Å². The van der Waals surface area contributed by atoms with E-state index >= 15 is 0 Å². The predicted molar refractivity (Wildman–Crippen MR) is 101 cm³/mol. The van der Waals surface area contributed by atoms with Crippen LogP contribution in [0.25, 0.3) is 21.8 Å². The van der Waals surface area contributed by atoms with Crippen LogP contribution in [0.4, 0.5) is 0 Å². The summed E-state index contributed by atoms with van der Waals surface area (Å²) >= 11 is 0. The SMILES string of the molecule is NCCCc1cn(S(=O)(=O)c2cccc3cccnc23)c2cnccc12. The molecule has 0 amide bonds. The first-order valence-electron chi connectivity index (χ1n) is 8.36. The number of para-hydroxylation sites is 1. The molecule has 6 nitrogen and oxygen atoms in total. The van der Waals surface area contributed by atoms with Gasteiger partial charge in [0, 0.05) is 29.4 Å². The van der Waals surface area contributed by atoms with Crippen molar-refractivity contribution in [3.8, 4) is 0 Å². The summed E-state index contributed by atoms with van der Waals surface area (Å²) in [7, 11) is -3.81. The number of aryl methyl sites for hydroxylation is 1. The van der Waals surface area contributed by atoms with Gasteiger partial charge in [0.25, 0.3) is 10.0 Å². The first kappa shape index (κ1) is 16.7. The molecule has 0 saturated carbocycles. The van der Waals surface area contributed by atoms with Crippen molar-refractivity contribution < 1.29 is 8.42 Å². The lowest BCUT2D eigenvalue weighted by molar-refractivity contribution is 0.589. The minimum atomic E-state index is -3.81. The van der Waals surface area contributed by atoms with Crippen LogP contribution in [0.2, 0.25) is 0 Å². The van der Waals surface area contributed by atoms with Gasteiger partial charge in [0.1, 0.15) is 4.90 Å². The van der Waals surface area contributed by atoms with Crippen LogP contribution in [0.15, 0.2) is 66.1 Å². The molecule has 0 saturated heterocycles. The van der Waals surface area contributed by atoms with E-state index in [1.54, 1.807) is 43.0 Å². The van der Waals surface area contributed by atoms with E-state index in [0.29, 0.717) is 24.0 Å². The standard InChI is InChI=1S/C19H18N4O2S/c20-9-2-5-15-13-23(17-12-21-11-8-16(15)17)26(24,25)18-7-1-4-14-6-3-10-22-19(14)18/h1,3-4,6-8,10-13H,2,5,9,20H2. The molecular weight excluding hydrogens is 348 g/mol. The van der Waals surface area contributed by atoms with Crippen molar-refractivity contribution in [1.29, 1.82) is 0 Å². The number of hydrogen-bond acceptors (Lipinski definition) is 5. The second-order valence-corrected chi connectivity index (χ2v) is 7.85. The molecule has 7 heteroatoms. The number of nitrogens with zero attached hydrogens (tertiary/aromatic N) is 3. The monoisotopic (exact) mass is 366 g/mol. The summed E-state index contributed by atoms with van der Waals surface area (Å²) in [5, 5.41) is 1.66. The van der Waals surface area contributed by atoms with Gasteiger partial charge in [-0.2, -0.15) is 0 Å². The Morgan fingerprint density at radius 3 is 2.77 bits per heavy atom. The Morgan fingerprint density at radius 1 is 1.08 bits per heavy atom. The molecule has 0 atom stereocenters. The maximum Gasteiger partial charge on any atom is 0.270 e. The average Bonchev–Trinajstić information content (AvgIpc) is 3.05. The molecule has 0 spiro atoms. The molecule has 0 aliphatic heterocycles. The van der Waals surface area contributed by atoms with E-state index in [1.165, 1.54) is 3.97 Å². The number of pyridine rings is 2.